The van der Waals surface area contributed by atoms with Crippen molar-refractivity contribution in [3.8, 4) is 0 Å². The third-order valence-corrected chi connectivity index (χ3v) is 2.71. The lowest BCUT2D eigenvalue weighted by molar-refractivity contribution is 0.112. The number of halogens is 4. The highest BCUT2D eigenvalue weighted by atomic mass is 35.5. The molecular formula is C14H9Cl2F2NO2. The van der Waals surface area contributed by atoms with Crippen LogP contribution in [0.4, 0.5) is 8.78 Å². The van der Waals surface area contributed by atoms with E-state index in [1.165, 1.54) is 30.3 Å². The van der Waals surface area contributed by atoms with Crippen molar-refractivity contribution in [1.82, 2.24) is 0 Å². The van der Waals surface area contributed by atoms with E-state index < -0.39 is 11.6 Å². The van der Waals surface area contributed by atoms with Gasteiger partial charge in [-0.15, -0.1) is 0 Å². The van der Waals surface area contributed by atoms with Gasteiger partial charge in [-0.25, -0.2) is 8.78 Å². The van der Waals surface area contributed by atoms with E-state index in [-0.39, 0.29) is 11.1 Å². The van der Waals surface area contributed by atoms with Crippen molar-refractivity contribution in [2.45, 2.75) is 0 Å². The lowest BCUT2D eigenvalue weighted by Gasteiger charge is -1.94. The van der Waals surface area contributed by atoms with Crippen LogP contribution in [0.25, 0.3) is 0 Å². The van der Waals surface area contributed by atoms with Crippen LogP contribution in [0.15, 0.2) is 41.6 Å². The monoisotopic (exact) mass is 331 g/mol. The van der Waals surface area contributed by atoms with Crippen molar-refractivity contribution < 1.29 is 18.8 Å². The van der Waals surface area contributed by atoms with Gasteiger partial charge in [-0.05, 0) is 36.4 Å². The maximum absolute atomic E-state index is 12.7. The van der Waals surface area contributed by atoms with Crippen molar-refractivity contribution in [2.24, 2.45) is 5.16 Å². The Hall–Kier alpha value is -1.98. The highest BCUT2D eigenvalue weighted by Crippen LogP contribution is 2.13. The fraction of sp³-hybridized carbons (Fsp3) is 0. The van der Waals surface area contributed by atoms with Gasteiger partial charge >= 0.3 is 0 Å². The summed E-state index contributed by atoms with van der Waals surface area (Å²) in [6, 6.07) is 7.83. The minimum Gasteiger partial charge on any atom is -0.411 e. The van der Waals surface area contributed by atoms with Crippen molar-refractivity contribution in [2.75, 3.05) is 0 Å². The Morgan fingerprint density at radius 3 is 1.86 bits per heavy atom. The lowest BCUT2D eigenvalue weighted by atomic mass is 10.2. The molecule has 0 radical (unpaired) electrons. The molecular weight excluding hydrogens is 323 g/mol. The smallest absolute Gasteiger partial charge is 0.153 e. The summed E-state index contributed by atoms with van der Waals surface area (Å²) >= 11 is 11.0. The summed E-state index contributed by atoms with van der Waals surface area (Å²) in [6.07, 6.45) is 1.42. The lowest BCUT2D eigenvalue weighted by Crippen LogP contribution is -1.86. The number of aldehydes is 1. The van der Waals surface area contributed by atoms with Gasteiger partial charge in [0.2, 0.25) is 0 Å². The summed E-state index contributed by atoms with van der Waals surface area (Å²) in [7, 11) is 0. The van der Waals surface area contributed by atoms with Crippen molar-refractivity contribution in [3.63, 3.8) is 0 Å². The molecule has 1 N–H and O–H groups in total. The standard InChI is InChI=1S/C7H5ClFNO.C7H4ClFO/c8-6-1-2-7(9)5(3-6)4-10-11;8-6-1-2-7(9)5(3-6)4-10/h1-4,11H;1-4H. The molecule has 0 aliphatic rings. The maximum Gasteiger partial charge on any atom is 0.153 e. The molecule has 0 aliphatic carbocycles. The summed E-state index contributed by atoms with van der Waals surface area (Å²) in [5.74, 6) is -1.01. The molecule has 7 heteroatoms. The normalized spacial score (nSPS) is 10.1. The predicted octanol–water partition coefficient (Wildman–Crippen LogP) is 4.58. The molecule has 0 bridgehead atoms. The first-order valence-electron chi connectivity index (χ1n) is 5.50. The second-order valence-electron chi connectivity index (χ2n) is 3.69. The van der Waals surface area contributed by atoms with E-state index in [0.29, 0.717) is 16.3 Å². The molecule has 2 aromatic rings. The molecule has 0 aliphatic heterocycles. The molecule has 0 amide bonds. The summed E-state index contributed by atoms with van der Waals surface area (Å²) in [5, 5.41) is 11.5. The third kappa shape index (κ3) is 5.49. The highest BCUT2D eigenvalue weighted by molar-refractivity contribution is 6.31. The van der Waals surface area contributed by atoms with Crippen LogP contribution in [0.5, 0.6) is 0 Å². The number of hydrogen-bond acceptors (Lipinski definition) is 3. The minimum atomic E-state index is -0.542. The fourth-order valence-corrected chi connectivity index (χ4v) is 1.64. The maximum atomic E-state index is 12.7. The van der Waals surface area contributed by atoms with Crippen LogP contribution in [0.2, 0.25) is 10.0 Å². The van der Waals surface area contributed by atoms with Gasteiger partial charge in [-0.2, -0.15) is 0 Å². The molecule has 21 heavy (non-hydrogen) atoms. The van der Waals surface area contributed by atoms with Gasteiger partial charge in [0.05, 0.1) is 11.8 Å². The summed E-state index contributed by atoms with van der Waals surface area (Å²) < 4.78 is 25.2. The first-order valence-corrected chi connectivity index (χ1v) is 6.26. The Bertz CT molecular complexity index is 663. The number of nitrogens with zero attached hydrogens (tertiary/aromatic N) is 1. The Kier molecular flexibility index (Phi) is 6.78. The predicted molar refractivity (Wildman–Crippen MR) is 77.6 cm³/mol. The van der Waals surface area contributed by atoms with E-state index in [0.717, 1.165) is 12.3 Å². The van der Waals surface area contributed by atoms with Crippen LogP contribution in [-0.2, 0) is 0 Å². The summed E-state index contributed by atoms with van der Waals surface area (Å²) in [6.45, 7) is 0. The zero-order chi connectivity index (χ0) is 15.8. The molecule has 3 nitrogen and oxygen atoms in total. The van der Waals surface area contributed by atoms with E-state index in [1.807, 2.05) is 0 Å². The van der Waals surface area contributed by atoms with E-state index in [1.54, 1.807) is 0 Å². The number of carbonyl (C=O) groups excluding carboxylic acids is 1. The summed E-state index contributed by atoms with van der Waals surface area (Å²) in [5.41, 5.74) is 0.160. The summed E-state index contributed by atoms with van der Waals surface area (Å²) in [4.78, 5) is 10.1. The van der Waals surface area contributed by atoms with E-state index in [2.05, 4.69) is 5.16 Å². The molecule has 0 spiro atoms. The number of carbonyl (C=O) groups is 1. The number of hydrogen-bond donors (Lipinski definition) is 1. The topological polar surface area (TPSA) is 49.7 Å². The van der Waals surface area contributed by atoms with E-state index in [9.17, 15) is 13.6 Å². The molecule has 0 fully saturated rings. The molecule has 0 heterocycles. The minimum absolute atomic E-state index is 0.00694. The average Bonchev–Trinajstić information content (AvgIpc) is 2.46. The fourth-order valence-electron chi connectivity index (χ4n) is 1.28. The van der Waals surface area contributed by atoms with Gasteiger partial charge in [0.1, 0.15) is 11.6 Å². The first kappa shape index (κ1) is 17.1. The zero-order valence-corrected chi connectivity index (χ0v) is 11.9. The van der Waals surface area contributed by atoms with Gasteiger partial charge in [0, 0.05) is 15.6 Å². The molecule has 2 rings (SSSR count). The SMILES string of the molecule is O=Cc1cc(Cl)ccc1F.ON=Cc1cc(Cl)ccc1F. The third-order valence-electron chi connectivity index (χ3n) is 2.24. The largest absolute Gasteiger partial charge is 0.411 e. The molecule has 0 saturated carbocycles. The molecule has 0 unspecified atom stereocenters. The Morgan fingerprint density at radius 2 is 1.43 bits per heavy atom. The molecule has 0 saturated heterocycles. The van der Waals surface area contributed by atoms with Crippen molar-refractivity contribution in [1.29, 1.82) is 0 Å². The number of rotatable bonds is 2. The van der Waals surface area contributed by atoms with Gasteiger partial charge < -0.3 is 5.21 Å². The van der Waals surface area contributed by atoms with Crippen LogP contribution >= 0.6 is 23.2 Å². The second-order valence-corrected chi connectivity index (χ2v) is 4.57. The Balaban J connectivity index is 0.000000211. The molecule has 0 aromatic heterocycles. The highest BCUT2D eigenvalue weighted by Gasteiger charge is 1.99. The van der Waals surface area contributed by atoms with Crippen LogP contribution in [-0.4, -0.2) is 17.7 Å². The van der Waals surface area contributed by atoms with E-state index in [4.69, 9.17) is 28.4 Å². The zero-order valence-electron chi connectivity index (χ0n) is 10.4. The van der Waals surface area contributed by atoms with Gasteiger partial charge in [-0.3, -0.25) is 4.79 Å². The Morgan fingerprint density at radius 1 is 0.952 bits per heavy atom. The van der Waals surface area contributed by atoms with Crippen LogP contribution in [0.1, 0.15) is 15.9 Å². The first-order chi connectivity index (χ1) is 9.97. The number of benzene rings is 2. The van der Waals surface area contributed by atoms with E-state index >= 15 is 0 Å². The quantitative estimate of drug-likeness (QED) is 0.379. The van der Waals surface area contributed by atoms with Crippen molar-refractivity contribution >= 4 is 35.7 Å². The average molecular weight is 332 g/mol. The van der Waals surface area contributed by atoms with Crippen molar-refractivity contribution in [3.05, 3.63) is 69.2 Å². The molecule has 110 valence electrons. The van der Waals surface area contributed by atoms with Gasteiger partial charge in [-0.1, -0.05) is 28.4 Å². The van der Waals surface area contributed by atoms with Gasteiger partial charge in [0.25, 0.3) is 0 Å². The Labute approximate surface area is 129 Å². The molecule has 2 aromatic carbocycles. The van der Waals surface area contributed by atoms with Crippen LogP contribution in [0, 0.1) is 11.6 Å². The van der Waals surface area contributed by atoms with Crippen LogP contribution < -0.4 is 0 Å². The van der Waals surface area contributed by atoms with Gasteiger partial charge in [0.15, 0.2) is 6.29 Å². The molecule has 0 atom stereocenters. The second kappa shape index (κ2) is 8.34. The van der Waals surface area contributed by atoms with Crippen LogP contribution in [0.3, 0.4) is 0 Å². The number of oxime groups is 1.